The van der Waals surface area contributed by atoms with Crippen molar-refractivity contribution in [1.29, 1.82) is 0 Å². The predicted octanol–water partition coefficient (Wildman–Crippen LogP) is 2.87. The molecule has 146 valence electrons. The quantitative estimate of drug-likeness (QED) is 0.624. The number of benzene rings is 1. The summed E-state index contributed by atoms with van der Waals surface area (Å²) in [6, 6.07) is 8.27. The second kappa shape index (κ2) is 10.3. The lowest BCUT2D eigenvalue weighted by atomic mass is 10.1. The van der Waals surface area contributed by atoms with Gasteiger partial charge in [-0.2, -0.15) is 0 Å². The molecular formula is C20H26N2O5. The van der Waals surface area contributed by atoms with Crippen molar-refractivity contribution >= 4 is 11.8 Å². The normalized spacial score (nSPS) is 10.5. The number of methoxy groups -OCH3 is 1. The third-order valence-electron chi connectivity index (χ3n) is 3.82. The lowest BCUT2D eigenvalue weighted by Gasteiger charge is -2.13. The number of ether oxygens (including phenoxy) is 2. The van der Waals surface area contributed by atoms with Gasteiger partial charge in [0.25, 0.3) is 11.8 Å². The Morgan fingerprint density at radius 2 is 1.81 bits per heavy atom. The van der Waals surface area contributed by atoms with Crippen LogP contribution in [-0.4, -0.2) is 38.6 Å². The summed E-state index contributed by atoms with van der Waals surface area (Å²) in [5, 5.41) is 5.41. The van der Waals surface area contributed by atoms with E-state index in [0.717, 1.165) is 6.42 Å². The van der Waals surface area contributed by atoms with Crippen molar-refractivity contribution in [1.82, 2.24) is 10.6 Å². The molecule has 7 heteroatoms. The Balaban J connectivity index is 1.82. The molecule has 2 N–H and O–H groups in total. The van der Waals surface area contributed by atoms with E-state index in [2.05, 4.69) is 24.5 Å². The minimum Gasteiger partial charge on any atom is -0.493 e. The van der Waals surface area contributed by atoms with Gasteiger partial charge in [-0.25, -0.2) is 0 Å². The SMILES string of the molecule is COc1cc(C(=O)NCCNC(=O)c2ccco2)ccc1OCCC(C)C. The van der Waals surface area contributed by atoms with Crippen LogP contribution >= 0.6 is 0 Å². The summed E-state index contributed by atoms with van der Waals surface area (Å²) in [6.45, 7) is 5.43. The Kier molecular flexibility index (Phi) is 7.73. The lowest BCUT2D eigenvalue weighted by molar-refractivity contribution is 0.0910. The van der Waals surface area contributed by atoms with Gasteiger partial charge in [-0.05, 0) is 42.7 Å². The van der Waals surface area contributed by atoms with E-state index >= 15 is 0 Å². The molecule has 1 aromatic heterocycles. The van der Waals surface area contributed by atoms with E-state index in [1.54, 1.807) is 30.3 Å². The summed E-state index contributed by atoms with van der Waals surface area (Å²) >= 11 is 0. The van der Waals surface area contributed by atoms with Crippen LogP contribution in [-0.2, 0) is 0 Å². The first-order valence-corrected chi connectivity index (χ1v) is 8.92. The van der Waals surface area contributed by atoms with E-state index in [1.807, 2.05) is 0 Å². The monoisotopic (exact) mass is 374 g/mol. The highest BCUT2D eigenvalue weighted by molar-refractivity contribution is 5.95. The third kappa shape index (κ3) is 6.36. The van der Waals surface area contributed by atoms with Gasteiger partial charge in [0.1, 0.15) is 0 Å². The fourth-order valence-electron chi connectivity index (χ4n) is 2.28. The van der Waals surface area contributed by atoms with Crippen molar-refractivity contribution in [3.63, 3.8) is 0 Å². The van der Waals surface area contributed by atoms with E-state index in [4.69, 9.17) is 13.9 Å². The molecule has 0 spiro atoms. The minimum atomic E-state index is -0.321. The van der Waals surface area contributed by atoms with Gasteiger partial charge in [-0.15, -0.1) is 0 Å². The molecule has 1 heterocycles. The van der Waals surface area contributed by atoms with E-state index in [9.17, 15) is 9.59 Å². The minimum absolute atomic E-state index is 0.235. The summed E-state index contributed by atoms with van der Waals surface area (Å²) in [6.07, 6.45) is 2.37. The highest BCUT2D eigenvalue weighted by Crippen LogP contribution is 2.28. The molecule has 0 aliphatic carbocycles. The number of carbonyl (C=O) groups excluding carboxylic acids is 2. The molecule has 0 aliphatic heterocycles. The maximum Gasteiger partial charge on any atom is 0.287 e. The Morgan fingerprint density at radius 1 is 1.07 bits per heavy atom. The van der Waals surface area contributed by atoms with Crippen LogP contribution in [0.15, 0.2) is 41.0 Å². The van der Waals surface area contributed by atoms with Gasteiger partial charge in [-0.3, -0.25) is 9.59 Å². The summed E-state index contributed by atoms with van der Waals surface area (Å²) in [4.78, 5) is 24.0. The molecule has 0 radical (unpaired) electrons. The first-order chi connectivity index (χ1) is 13.0. The third-order valence-corrected chi connectivity index (χ3v) is 3.82. The Morgan fingerprint density at radius 3 is 2.44 bits per heavy atom. The smallest absolute Gasteiger partial charge is 0.287 e. The second-order valence-electron chi connectivity index (χ2n) is 6.39. The number of rotatable bonds is 10. The molecule has 1 aromatic carbocycles. The molecule has 0 saturated carbocycles. The Hall–Kier alpha value is -2.96. The van der Waals surface area contributed by atoms with Crippen molar-refractivity contribution in [2.24, 2.45) is 5.92 Å². The molecule has 0 aliphatic rings. The highest BCUT2D eigenvalue weighted by Gasteiger charge is 2.12. The first-order valence-electron chi connectivity index (χ1n) is 8.92. The molecule has 2 amide bonds. The first kappa shape index (κ1) is 20.4. The number of nitrogens with one attached hydrogen (secondary N) is 2. The number of hydrogen-bond acceptors (Lipinski definition) is 5. The molecule has 0 atom stereocenters. The highest BCUT2D eigenvalue weighted by atomic mass is 16.5. The average molecular weight is 374 g/mol. The summed E-state index contributed by atoms with van der Waals surface area (Å²) in [7, 11) is 1.54. The Bertz CT molecular complexity index is 741. The fourth-order valence-corrected chi connectivity index (χ4v) is 2.28. The molecule has 0 unspecified atom stereocenters. The summed E-state index contributed by atoms with van der Waals surface area (Å²) in [5.74, 6) is 1.33. The summed E-state index contributed by atoms with van der Waals surface area (Å²) in [5.41, 5.74) is 0.459. The zero-order valence-electron chi connectivity index (χ0n) is 15.9. The molecular weight excluding hydrogens is 348 g/mol. The van der Waals surface area contributed by atoms with E-state index in [1.165, 1.54) is 13.4 Å². The topological polar surface area (TPSA) is 89.8 Å². The van der Waals surface area contributed by atoms with Crippen LogP contribution in [0.3, 0.4) is 0 Å². The standard InChI is InChI=1S/C20H26N2O5/c1-14(2)8-12-27-16-7-6-15(13-18(16)25-3)19(23)21-9-10-22-20(24)17-5-4-11-26-17/h4-7,11,13-14H,8-10,12H2,1-3H3,(H,21,23)(H,22,24). The molecule has 2 rings (SSSR count). The van der Waals surface area contributed by atoms with Crippen molar-refractivity contribution in [3.8, 4) is 11.5 Å². The fraction of sp³-hybridized carbons (Fsp3) is 0.400. The van der Waals surface area contributed by atoms with Crippen molar-refractivity contribution in [3.05, 3.63) is 47.9 Å². The number of hydrogen-bond donors (Lipinski definition) is 2. The van der Waals surface area contributed by atoms with Crippen molar-refractivity contribution in [2.75, 3.05) is 26.8 Å². The van der Waals surface area contributed by atoms with Gasteiger partial charge in [0.15, 0.2) is 17.3 Å². The number of amides is 2. The van der Waals surface area contributed by atoms with Gasteiger partial charge >= 0.3 is 0 Å². The van der Waals surface area contributed by atoms with Crippen molar-refractivity contribution < 1.29 is 23.5 Å². The zero-order valence-corrected chi connectivity index (χ0v) is 15.9. The van der Waals surface area contributed by atoms with Crippen LogP contribution in [0.5, 0.6) is 11.5 Å². The zero-order chi connectivity index (χ0) is 19.6. The van der Waals surface area contributed by atoms with Crippen LogP contribution in [0, 0.1) is 5.92 Å². The van der Waals surface area contributed by atoms with Crippen LogP contribution in [0.2, 0.25) is 0 Å². The molecule has 2 aromatic rings. The molecule has 0 bridgehead atoms. The van der Waals surface area contributed by atoms with Gasteiger partial charge in [0, 0.05) is 18.7 Å². The van der Waals surface area contributed by atoms with Crippen molar-refractivity contribution in [2.45, 2.75) is 20.3 Å². The van der Waals surface area contributed by atoms with Gasteiger partial charge in [-0.1, -0.05) is 13.8 Å². The molecule has 27 heavy (non-hydrogen) atoms. The maximum absolute atomic E-state index is 12.3. The predicted molar refractivity (Wildman–Crippen MR) is 101 cm³/mol. The van der Waals surface area contributed by atoms with Gasteiger partial charge in [0.05, 0.1) is 20.0 Å². The van der Waals surface area contributed by atoms with E-state index < -0.39 is 0 Å². The Labute approximate surface area is 159 Å². The molecule has 7 nitrogen and oxygen atoms in total. The van der Waals surface area contributed by atoms with Crippen LogP contribution in [0.4, 0.5) is 0 Å². The molecule has 0 fully saturated rings. The van der Waals surface area contributed by atoms with Gasteiger partial charge < -0.3 is 24.5 Å². The lowest BCUT2D eigenvalue weighted by Crippen LogP contribution is -2.34. The van der Waals surface area contributed by atoms with Crippen LogP contribution in [0.25, 0.3) is 0 Å². The number of furan rings is 1. The van der Waals surface area contributed by atoms with Crippen LogP contribution < -0.4 is 20.1 Å². The molecule has 0 saturated heterocycles. The van der Waals surface area contributed by atoms with E-state index in [0.29, 0.717) is 42.7 Å². The van der Waals surface area contributed by atoms with E-state index in [-0.39, 0.29) is 17.6 Å². The summed E-state index contributed by atoms with van der Waals surface area (Å²) < 4.78 is 16.0. The second-order valence-corrected chi connectivity index (χ2v) is 6.39. The maximum atomic E-state index is 12.3. The number of carbonyl (C=O) groups is 2. The largest absolute Gasteiger partial charge is 0.493 e. The van der Waals surface area contributed by atoms with Crippen LogP contribution in [0.1, 0.15) is 41.2 Å². The average Bonchev–Trinajstić information content (AvgIpc) is 3.19. The van der Waals surface area contributed by atoms with Gasteiger partial charge in [0.2, 0.25) is 0 Å².